The average molecular weight is 493 g/mol. The van der Waals surface area contributed by atoms with Gasteiger partial charge in [-0.05, 0) is 35.4 Å². The Kier molecular flexibility index (Phi) is 6.12. The molecule has 38 heavy (non-hydrogen) atoms. The number of rotatable bonds is 5. The molecule has 0 fully saturated rings. The van der Waals surface area contributed by atoms with Gasteiger partial charge >= 0.3 is 0 Å². The molecule has 0 saturated heterocycles. The Hall–Kier alpha value is -5.22. The highest BCUT2D eigenvalue weighted by molar-refractivity contribution is 5.97. The average Bonchev–Trinajstić information content (AvgIpc) is 2.98. The third kappa shape index (κ3) is 4.18. The lowest BCUT2D eigenvalue weighted by atomic mass is 9.88. The molecule has 0 atom stereocenters. The summed E-state index contributed by atoms with van der Waals surface area (Å²) in [6.07, 6.45) is 3.55. The van der Waals surface area contributed by atoms with E-state index in [-0.39, 0.29) is 11.5 Å². The minimum absolute atomic E-state index is 0.209. The van der Waals surface area contributed by atoms with Gasteiger partial charge in [-0.25, -0.2) is 0 Å². The molecule has 0 radical (unpaired) electrons. The summed E-state index contributed by atoms with van der Waals surface area (Å²) >= 11 is 0. The van der Waals surface area contributed by atoms with Gasteiger partial charge in [0.05, 0.1) is 11.4 Å². The number of phenols is 2. The van der Waals surface area contributed by atoms with E-state index in [1.54, 1.807) is 24.5 Å². The van der Waals surface area contributed by atoms with Crippen molar-refractivity contribution in [3.63, 3.8) is 0 Å². The standard InChI is InChI=1S/C34H24N2O2/c37-31-19-7-5-13-25(31)29-17-9-21-35-33(29)27-15-3-1-11-23(27)24-12-2-4-16-28(24)34-30(18-10-22-36-34)26-14-6-8-20-32(26)38/h1-22,37-38H. The van der Waals surface area contributed by atoms with E-state index >= 15 is 0 Å². The van der Waals surface area contributed by atoms with Crippen molar-refractivity contribution < 1.29 is 10.2 Å². The van der Waals surface area contributed by atoms with Crippen LogP contribution in [0, 0.1) is 0 Å². The number of aromatic hydroxyl groups is 2. The number of benzene rings is 4. The van der Waals surface area contributed by atoms with Crippen LogP contribution in [0.25, 0.3) is 55.9 Å². The van der Waals surface area contributed by atoms with Crippen LogP contribution in [0.2, 0.25) is 0 Å². The third-order valence-electron chi connectivity index (χ3n) is 6.66. The second kappa shape index (κ2) is 10.0. The van der Waals surface area contributed by atoms with Crippen molar-refractivity contribution in [2.75, 3.05) is 0 Å². The van der Waals surface area contributed by atoms with Crippen LogP contribution in [0.1, 0.15) is 0 Å². The second-order valence-electron chi connectivity index (χ2n) is 8.92. The minimum atomic E-state index is 0.209. The molecule has 4 heteroatoms. The van der Waals surface area contributed by atoms with Crippen molar-refractivity contribution in [3.05, 3.63) is 134 Å². The van der Waals surface area contributed by atoms with Crippen LogP contribution in [0.5, 0.6) is 11.5 Å². The molecular weight excluding hydrogens is 468 g/mol. The number of pyridine rings is 2. The van der Waals surface area contributed by atoms with Crippen LogP contribution in [-0.4, -0.2) is 20.2 Å². The Labute approximate surface area is 221 Å². The normalized spacial score (nSPS) is 10.8. The molecule has 0 aliphatic rings. The fourth-order valence-electron chi connectivity index (χ4n) is 4.93. The van der Waals surface area contributed by atoms with E-state index in [4.69, 9.17) is 9.97 Å². The molecule has 4 nitrogen and oxygen atoms in total. The number of nitrogens with zero attached hydrogens (tertiary/aromatic N) is 2. The first-order valence-electron chi connectivity index (χ1n) is 12.4. The van der Waals surface area contributed by atoms with Crippen LogP contribution in [0.3, 0.4) is 0 Å². The maximum atomic E-state index is 10.6. The molecule has 6 rings (SSSR count). The zero-order chi connectivity index (χ0) is 25.9. The maximum absolute atomic E-state index is 10.6. The van der Waals surface area contributed by atoms with E-state index in [2.05, 4.69) is 24.3 Å². The zero-order valence-electron chi connectivity index (χ0n) is 20.5. The maximum Gasteiger partial charge on any atom is 0.123 e. The smallest absolute Gasteiger partial charge is 0.123 e. The summed E-state index contributed by atoms with van der Waals surface area (Å²) in [5.41, 5.74) is 8.59. The van der Waals surface area contributed by atoms with Gasteiger partial charge in [0.25, 0.3) is 0 Å². The summed E-state index contributed by atoms with van der Waals surface area (Å²) in [6, 6.07) is 38.7. The van der Waals surface area contributed by atoms with Gasteiger partial charge in [0.15, 0.2) is 0 Å². The van der Waals surface area contributed by atoms with Gasteiger partial charge in [0, 0.05) is 45.8 Å². The summed E-state index contributed by atoms with van der Waals surface area (Å²) < 4.78 is 0. The van der Waals surface area contributed by atoms with Crippen LogP contribution in [0.15, 0.2) is 134 Å². The predicted molar refractivity (Wildman–Crippen MR) is 153 cm³/mol. The summed E-state index contributed by atoms with van der Waals surface area (Å²) in [6.45, 7) is 0. The van der Waals surface area contributed by atoms with E-state index in [9.17, 15) is 10.2 Å². The molecule has 2 N–H and O–H groups in total. The van der Waals surface area contributed by atoms with Crippen molar-refractivity contribution in [1.82, 2.24) is 9.97 Å². The first-order chi connectivity index (χ1) is 18.7. The first-order valence-corrected chi connectivity index (χ1v) is 12.4. The molecule has 0 unspecified atom stereocenters. The lowest BCUT2D eigenvalue weighted by molar-refractivity contribution is 0.477. The van der Waals surface area contributed by atoms with Gasteiger partial charge in [-0.3, -0.25) is 9.97 Å². The Morgan fingerprint density at radius 2 is 0.632 bits per heavy atom. The van der Waals surface area contributed by atoms with Crippen molar-refractivity contribution in [2.24, 2.45) is 0 Å². The van der Waals surface area contributed by atoms with Gasteiger partial charge in [-0.1, -0.05) is 97.1 Å². The van der Waals surface area contributed by atoms with Crippen LogP contribution in [0.4, 0.5) is 0 Å². The SMILES string of the molecule is Oc1ccccc1-c1cccnc1-c1ccccc1-c1ccccc1-c1ncccc1-c1ccccc1O. The van der Waals surface area contributed by atoms with E-state index < -0.39 is 0 Å². The monoisotopic (exact) mass is 492 g/mol. The van der Waals surface area contributed by atoms with E-state index in [0.717, 1.165) is 55.9 Å². The van der Waals surface area contributed by atoms with Gasteiger partial charge in [0.1, 0.15) is 11.5 Å². The Bertz CT molecular complexity index is 1630. The third-order valence-corrected chi connectivity index (χ3v) is 6.66. The van der Waals surface area contributed by atoms with Crippen molar-refractivity contribution in [3.8, 4) is 67.4 Å². The molecule has 0 spiro atoms. The predicted octanol–water partition coefficient (Wildman–Crippen LogP) is 8.22. The Morgan fingerprint density at radius 1 is 0.316 bits per heavy atom. The lowest BCUT2D eigenvalue weighted by Gasteiger charge is -2.18. The highest BCUT2D eigenvalue weighted by Gasteiger charge is 2.19. The highest BCUT2D eigenvalue weighted by atomic mass is 16.3. The van der Waals surface area contributed by atoms with Crippen LogP contribution in [-0.2, 0) is 0 Å². The molecule has 6 aromatic rings. The molecule has 0 aliphatic carbocycles. The first kappa shape index (κ1) is 23.2. The Morgan fingerprint density at radius 3 is 1.03 bits per heavy atom. The number of hydrogen-bond donors (Lipinski definition) is 2. The molecule has 0 aliphatic heterocycles. The minimum Gasteiger partial charge on any atom is -0.507 e. The van der Waals surface area contributed by atoms with E-state index in [0.29, 0.717) is 0 Å². The van der Waals surface area contributed by atoms with Gasteiger partial charge in [0.2, 0.25) is 0 Å². The number of aromatic nitrogens is 2. The van der Waals surface area contributed by atoms with Gasteiger partial charge in [-0.2, -0.15) is 0 Å². The van der Waals surface area contributed by atoms with Crippen molar-refractivity contribution >= 4 is 0 Å². The molecule has 0 bridgehead atoms. The fraction of sp³-hybridized carbons (Fsp3) is 0. The van der Waals surface area contributed by atoms with Crippen LogP contribution >= 0.6 is 0 Å². The topological polar surface area (TPSA) is 66.2 Å². The zero-order valence-corrected chi connectivity index (χ0v) is 20.5. The fourth-order valence-corrected chi connectivity index (χ4v) is 4.93. The number of para-hydroxylation sites is 2. The molecule has 0 amide bonds. The van der Waals surface area contributed by atoms with Gasteiger partial charge in [-0.15, -0.1) is 0 Å². The summed E-state index contributed by atoms with van der Waals surface area (Å²) in [5.74, 6) is 0.417. The number of phenolic OH excluding ortho intramolecular Hbond substituents is 2. The highest BCUT2D eigenvalue weighted by Crippen LogP contribution is 2.43. The summed E-state index contributed by atoms with van der Waals surface area (Å²) in [4.78, 5) is 9.54. The Balaban J connectivity index is 1.57. The van der Waals surface area contributed by atoms with Gasteiger partial charge < -0.3 is 10.2 Å². The van der Waals surface area contributed by atoms with E-state index in [1.165, 1.54) is 0 Å². The lowest BCUT2D eigenvalue weighted by Crippen LogP contribution is -1.95. The van der Waals surface area contributed by atoms with E-state index in [1.807, 2.05) is 84.9 Å². The molecule has 2 aromatic heterocycles. The second-order valence-corrected chi connectivity index (χ2v) is 8.92. The molecular formula is C34H24N2O2. The molecule has 182 valence electrons. The molecule has 0 saturated carbocycles. The quantitative estimate of drug-likeness (QED) is 0.254. The number of hydrogen-bond acceptors (Lipinski definition) is 4. The molecule has 4 aromatic carbocycles. The van der Waals surface area contributed by atoms with Crippen molar-refractivity contribution in [2.45, 2.75) is 0 Å². The molecule has 2 heterocycles. The van der Waals surface area contributed by atoms with Crippen molar-refractivity contribution in [1.29, 1.82) is 0 Å². The summed E-state index contributed by atoms with van der Waals surface area (Å²) in [5, 5.41) is 21.2. The summed E-state index contributed by atoms with van der Waals surface area (Å²) in [7, 11) is 0. The van der Waals surface area contributed by atoms with Crippen LogP contribution < -0.4 is 0 Å². The largest absolute Gasteiger partial charge is 0.507 e.